The van der Waals surface area contributed by atoms with E-state index in [1.807, 2.05) is 30.3 Å². The number of ether oxygens (including phenoxy) is 1. The zero-order valence-corrected chi connectivity index (χ0v) is 12.7. The summed E-state index contributed by atoms with van der Waals surface area (Å²) in [4.78, 5) is 0. The molecule has 0 heterocycles. The topological polar surface area (TPSA) is 9.23 Å². The van der Waals surface area contributed by atoms with Crippen LogP contribution >= 0.6 is 11.6 Å². The molecule has 0 unspecified atom stereocenters. The SMILES string of the molecule is Clc1ccccc1Cc1ccc(OC/C=C/C2CC2)cc1. The third-order valence-corrected chi connectivity index (χ3v) is 4.02. The molecule has 0 bridgehead atoms. The maximum absolute atomic E-state index is 6.19. The molecule has 0 N–H and O–H groups in total. The van der Waals surface area contributed by atoms with Crippen LogP contribution in [0.1, 0.15) is 24.0 Å². The highest BCUT2D eigenvalue weighted by atomic mass is 35.5. The monoisotopic (exact) mass is 298 g/mol. The van der Waals surface area contributed by atoms with Crippen molar-refractivity contribution in [2.24, 2.45) is 5.92 Å². The summed E-state index contributed by atoms with van der Waals surface area (Å²) in [6.45, 7) is 0.653. The molecule has 2 aromatic carbocycles. The Labute approximate surface area is 131 Å². The molecular weight excluding hydrogens is 280 g/mol. The fourth-order valence-corrected chi connectivity index (χ4v) is 2.45. The minimum absolute atomic E-state index is 0.653. The van der Waals surface area contributed by atoms with Crippen LogP contribution in [0.25, 0.3) is 0 Å². The van der Waals surface area contributed by atoms with Gasteiger partial charge in [-0.3, -0.25) is 0 Å². The van der Waals surface area contributed by atoms with E-state index >= 15 is 0 Å². The first-order chi connectivity index (χ1) is 10.3. The van der Waals surface area contributed by atoms with Crippen LogP contribution in [0, 0.1) is 5.92 Å². The van der Waals surface area contributed by atoms with Crippen molar-refractivity contribution >= 4 is 11.6 Å². The molecule has 3 rings (SSSR count). The molecule has 1 aliphatic rings. The minimum atomic E-state index is 0.653. The number of benzene rings is 2. The Kier molecular flexibility index (Phi) is 4.62. The molecule has 108 valence electrons. The van der Waals surface area contributed by atoms with Crippen molar-refractivity contribution < 1.29 is 4.74 Å². The van der Waals surface area contributed by atoms with Crippen LogP contribution < -0.4 is 4.74 Å². The third kappa shape index (κ3) is 4.37. The molecule has 0 aliphatic heterocycles. The quantitative estimate of drug-likeness (QED) is 0.660. The highest BCUT2D eigenvalue weighted by Crippen LogP contribution is 2.29. The van der Waals surface area contributed by atoms with Crippen molar-refractivity contribution in [3.8, 4) is 5.75 Å². The fraction of sp³-hybridized carbons (Fsp3) is 0.263. The van der Waals surface area contributed by atoms with E-state index in [9.17, 15) is 0 Å². The standard InChI is InChI=1S/C19H19ClO/c20-19-6-2-1-5-17(19)14-16-9-11-18(12-10-16)21-13-3-4-15-7-8-15/h1-6,9-12,15H,7-8,13-14H2/b4-3+. The smallest absolute Gasteiger partial charge is 0.119 e. The average molecular weight is 299 g/mol. The summed E-state index contributed by atoms with van der Waals surface area (Å²) < 4.78 is 5.70. The first kappa shape index (κ1) is 14.2. The Hall–Kier alpha value is -1.73. The van der Waals surface area contributed by atoms with Gasteiger partial charge in [-0.2, -0.15) is 0 Å². The van der Waals surface area contributed by atoms with Gasteiger partial charge in [0.15, 0.2) is 0 Å². The molecule has 1 aliphatic carbocycles. The van der Waals surface area contributed by atoms with Crippen LogP contribution in [-0.2, 0) is 6.42 Å². The first-order valence-electron chi connectivity index (χ1n) is 7.43. The molecule has 0 spiro atoms. The summed E-state index contributed by atoms with van der Waals surface area (Å²) in [5, 5.41) is 0.822. The van der Waals surface area contributed by atoms with Crippen LogP contribution in [0.2, 0.25) is 5.02 Å². The van der Waals surface area contributed by atoms with Crippen LogP contribution in [0.5, 0.6) is 5.75 Å². The van der Waals surface area contributed by atoms with Crippen molar-refractivity contribution in [2.75, 3.05) is 6.61 Å². The fourth-order valence-electron chi connectivity index (χ4n) is 2.25. The van der Waals surface area contributed by atoms with Crippen LogP contribution in [-0.4, -0.2) is 6.61 Å². The van der Waals surface area contributed by atoms with Gasteiger partial charge in [0, 0.05) is 5.02 Å². The van der Waals surface area contributed by atoms with Crippen molar-refractivity contribution in [3.63, 3.8) is 0 Å². The molecule has 2 heteroatoms. The average Bonchev–Trinajstić information content (AvgIpc) is 3.32. The van der Waals surface area contributed by atoms with Crippen LogP contribution in [0.15, 0.2) is 60.7 Å². The number of hydrogen-bond acceptors (Lipinski definition) is 1. The highest BCUT2D eigenvalue weighted by Gasteiger charge is 2.16. The summed E-state index contributed by atoms with van der Waals surface area (Å²) in [5.41, 5.74) is 2.39. The lowest BCUT2D eigenvalue weighted by atomic mass is 10.1. The van der Waals surface area contributed by atoms with Crippen molar-refractivity contribution in [3.05, 3.63) is 76.8 Å². The summed E-state index contributed by atoms with van der Waals surface area (Å²) in [5.74, 6) is 1.73. The minimum Gasteiger partial charge on any atom is -0.490 e. The molecule has 21 heavy (non-hydrogen) atoms. The molecule has 0 saturated heterocycles. The molecule has 0 aromatic heterocycles. The summed E-state index contributed by atoms with van der Waals surface area (Å²) >= 11 is 6.19. The predicted octanol–water partition coefficient (Wildman–Crippen LogP) is 5.28. The van der Waals surface area contributed by atoms with E-state index in [0.717, 1.165) is 28.7 Å². The molecule has 1 saturated carbocycles. The van der Waals surface area contributed by atoms with Gasteiger partial charge < -0.3 is 4.74 Å². The Balaban J connectivity index is 1.54. The van der Waals surface area contributed by atoms with Gasteiger partial charge in [0.25, 0.3) is 0 Å². The number of allylic oxidation sites excluding steroid dienone is 1. The molecule has 1 nitrogen and oxygen atoms in total. The van der Waals surface area contributed by atoms with E-state index in [0.29, 0.717) is 6.61 Å². The lowest BCUT2D eigenvalue weighted by molar-refractivity contribution is 0.362. The van der Waals surface area contributed by atoms with Gasteiger partial charge >= 0.3 is 0 Å². The second kappa shape index (κ2) is 6.82. The maximum atomic E-state index is 6.19. The van der Waals surface area contributed by atoms with E-state index in [-0.39, 0.29) is 0 Å². The number of rotatable bonds is 6. The molecule has 0 radical (unpaired) electrons. The van der Waals surface area contributed by atoms with Gasteiger partial charge in [0.2, 0.25) is 0 Å². The highest BCUT2D eigenvalue weighted by molar-refractivity contribution is 6.31. The number of hydrogen-bond donors (Lipinski definition) is 0. The molecule has 2 aromatic rings. The normalized spacial score (nSPS) is 14.5. The van der Waals surface area contributed by atoms with Crippen molar-refractivity contribution in [2.45, 2.75) is 19.3 Å². The second-order valence-electron chi connectivity index (χ2n) is 5.49. The molecule has 0 atom stereocenters. The van der Waals surface area contributed by atoms with E-state index in [1.165, 1.54) is 18.4 Å². The summed E-state index contributed by atoms with van der Waals surface area (Å²) in [6.07, 6.45) is 7.91. The van der Waals surface area contributed by atoms with Gasteiger partial charge in [-0.15, -0.1) is 0 Å². The third-order valence-electron chi connectivity index (χ3n) is 3.65. The molecule has 0 amide bonds. The molecular formula is C19H19ClO. The van der Waals surface area contributed by atoms with Gasteiger partial charge in [-0.05, 0) is 54.5 Å². The van der Waals surface area contributed by atoms with Crippen LogP contribution in [0.4, 0.5) is 0 Å². The van der Waals surface area contributed by atoms with Gasteiger partial charge in [0.05, 0.1) is 0 Å². The van der Waals surface area contributed by atoms with Gasteiger partial charge in [-0.1, -0.05) is 54.1 Å². The summed E-state index contributed by atoms with van der Waals surface area (Å²) in [7, 11) is 0. The Bertz CT molecular complexity index is 612. The van der Waals surface area contributed by atoms with Gasteiger partial charge in [-0.25, -0.2) is 0 Å². The van der Waals surface area contributed by atoms with Crippen molar-refractivity contribution in [1.82, 2.24) is 0 Å². The first-order valence-corrected chi connectivity index (χ1v) is 7.81. The Morgan fingerprint density at radius 2 is 1.81 bits per heavy atom. The largest absolute Gasteiger partial charge is 0.490 e. The Morgan fingerprint density at radius 3 is 2.52 bits per heavy atom. The predicted molar refractivity (Wildman–Crippen MR) is 88.1 cm³/mol. The van der Waals surface area contributed by atoms with Crippen molar-refractivity contribution in [1.29, 1.82) is 0 Å². The lowest BCUT2D eigenvalue weighted by Gasteiger charge is -2.06. The maximum Gasteiger partial charge on any atom is 0.119 e. The van der Waals surface area contributed by atoms with E-state index in [2.05, 4.69) is 30.4 Å². The van der Waals surface area contributed by atoms with E-state index in [4.69, 9.17) is 16.3 Å². The summed E-state index contributed by atoms with van der Waals surface area (Å²) in [6, 6.07) is 16.2. The van der Waals surface area contributed by atoms with E-state index in [1.54, 1.807) is 0 Å². The van der Waals surface area contributed by atoms with E-state index < -0.39 is 0 Å². The van der Waals surface area contributed by atoms with Crippen LogP contribution in [0.3, 0.4) is 0 Å². The zero-order valence-electron chi connectivity index (χ0n) is 12.0. The number of halogens is 1. The zero-order chi connectivity index (χ0) is 14.5. The van der Waals surface area contributed by atoms with Gasteiger partial charge in [0.1, 0.15) is 12.4 Å². The lowest BCUT2D eigenvalue weighted by Crippen LogP contribution is -1.94. The second-order valence-corrected chi connectivity index (χ2v) is 5.90. The Morgan fingerprint density at radius 1 is 1.05 bits per heavy atom. The molecule has 1 fully saturated rings.